The summed E-state index contributed by atoms with van der Waals surface area (Å²) in [5.74, 6) is -1.11. The van der Waals surface area contributed by atoms with Crippen LogP contribution in [-0.4, -0.2) is 26.0 Å². The molecule has 4 aromatic rings. The Labute approximate surface area is 256 Å². The number of methoxy groups -OCH3 is 1. The van der Waals surface area contributed by atoms with E-state index in [9.17, 15) is 22.9 Å². The molecular weight excluding hydrogens is 576 g/mol. The summed E-state index contributed by atoms with van der Waals surface area (Å²) < 4.78 is 38.2. The van der Waals surface area contributed by atoms with Crippen molar-refractivity contribution in [2.24, 2.45) is 10.2 Å². The average Bonchev–Trinajstić information content (AvgIpc) is 2.88. The number of azo groups is 1. The normalized spacial score (nSPS) is 11.4. The van der Waals surface area contributed by atoms with Crippen molar-refractivity contribution in [1.29, 1.82) is 0 Å². The number of aryl methyl sites for hydroxylation is 1. The number of carbonyl (C=O) groups is 1. The monoisotopic (exact) mass is 595 g/mol. The zero-order valence-corrected chi connectivity index (χ0v) is 25.4. The predicted molar refractivity (Wildman–Crippen MR) is 144 cm³/mol. The summed E-state index contributed by atoms with van der Waals surface area (Å²) in [6, 6.07) is 15.5. The van der Waals surface area contributed by atoms with Crippen molar-refractivity contribution in [3.8, 4) is 11.5 Å². The van der Waals surface area contributed by atoms with Gasteiger partial charge in [0.05, 0.1) is 23.5 Å². The Balaban J connectivity index is 0.00000420. The number of ether oxygens (including phenoxy) is 1. The first-order valence-electron chi connectivity index (χ1n) is 11.1. The van der Waals surface area contributed by atoms with Crippen LogP contribution < -0.4 is 44.7 Å². The first-order valence-corrected chi connectivity index (χ1v) is 13.3. The molecule has 0 radical (unpaired) electrons. The van der Waals surface area contributed by atoms with Crippen LogP contribution in [0, 0.1) is 0 Å². The number of fused-ring (bicyclic) bond motifs is 1. The van der Waals surface area contributed by atoms with Crippen molar-refractivity contribution in [2.75, 3.05) is 12.4 Å². The maximum Gasteiger partial charge on any atom is 1.00 e. The van der Waals surface area contributed by atoms with Crippen molar-refractivity contribution >= 4 is 67.1 Å². The molecule has 4 aromatic carbocycles. The summed E-state index contributed by atoms with van der Waals surface area (Å²) in [4.78, 5) is 12.6. The zero-order chi connectivity index (χ0) is 27.6. The Morgan fingerprint density at radius 1 is 1.05 bits per heavy atom. The zero-order valence-electron chi connectivity index (χ0n) is 21.0. The van der Waals surface area contributed by atoms with Crippen LogP contribution in [0.3, 0.4) is 0 Å². The van der Waals surface area contributed by atoms with Gasteiger partial charge in [-0.05, 0) is 41.6 Å². The van der Waals surface area contributed by atoms with Crippen LogP contribution >= 0.6 is 23.2 Å². The van der Waals surface area contributed by atoms with Gasteiger partial charge in [0.2, 0.25) is 0 Å². The minimum absolute atomic E-state index is 0. The summed E-state index contributed by atoms with van der Waals surface area (Å²) in [6.45, 7) is 1.79. The summed E-state index contributed by atoms with van der Waals surface area (Å²) in [6.07, 6.45) is 0.413. The summed E-state index contributed by atoms with van der Waals surface area (Å²) in [5.41, 5.74) is 0.467. The second kappa shape index (κ2) is 12.6. The molecule has 1 amide bonds. The van der Waals surface area contributed by atoms with E-state index in [0.29, 0.717) is 39.2 Å². The van der Waals surface area contributed by atoms with Gasteiger partial charge in [-0.3, -0.25) is 9.35 Å². The number of amides is 1. The van der Waals surface area contributed by atoms with Crippen LogP contribution in [0.2, 0.25) is 10.0 Å². The van der Waals surface area contributed by atoms with Crippen LogP contribution in [0.5, 0.6) is 11.5 Å². The largest absolute Gasteiger partial charge is 1.00 e. The first kappa shape index (κ1) is 30.8. The number of nitrogens with one attached hydrogen (secondary N) is 1. The molecule has 4 rings (SSSR count). The Morgan fingerprint density at radius 3 is 2.41 bits per heavy atom. The molecule has 0 saturated heterocycles. The molecule has 0 aliphatic heterocycles. The van der Waals surface area contributed by atoms with Crippen LogP contribution in [0.4, 0.5) is 17.1 Å². The standard InChI is InChI=1S/C26H21Cl2N3O6S.Na/c1-3-14-8-11-21(38(34,35)36)22(28)23(14)30-31-24-17-7-5-4-6-15(17)12-18(25(24)32)26(33)29-19-10-9-16(27)13-20(19)37-2;/h4-13,32H,3H2,1-2H3,(H,29,33)(H,34,35,36);/q;+1/p-1. The van der Waals surface area contributed by atoms with E-state index < -0.39 is 26.7 Å². The molecule has 0 heterocycles. The molecule has 196 valence electrons. The topological polar surface area (TPSA) is 140 Å². The number of halogens is 2. The SMILES string of the molecule is CCc1ccc(S(=O)(=O)O)c(Cl)c1N=Nc1c([O-])c(C(=O)Nc2ccc(Cl)cc2OC)cc2ccccc12.[Na+]. The maximum absolute atomic E-state index is 13.5. The first-order chi connectivity index (χ1) is 18.0. The van der Waals surface area contributed by atoms with E-state index in [1.165, 1.54) is 31.4 Å². The van der Waals surface area contributed by atoms with Gasteiger partial charge >= 0.3 is 29.6 Å². The van der Waals surface area contributed by atoms with Gasteiger partial charge in [0.25, 0.3) is 16.0 Å². The summed E-state index contributed by atoms with van der Waals surface area (Å²) >= 11 is 12.2. The van der Waals surface area contributed by atoms with Gasteiger partial charge in [-0.1, -0.05) is 66.2 Å². The smallest absolute Gasteiger partial charge is 0.870 e. The molecule has 9 nitrogen and oxygen atoms in total. The Hall–Kier alpha value is -2.70. The third-order valence-corrected chi connectivity index (χ3v) is 7.33. The molecule has 0 aromatic heterocycles. The molecule has 0 bridgehead atoms. The Bertz CT molecular complexity index is 1710. The maximum atomic E-state index is 13.5. The molecule has 0 spiro atoms. The van der Waals surface area contributed by atoms with Crippen LogP contribution in [0.25, 0.3) is 10.8 Å². The van der Waals surface area contributed by atoms with Gasteiger partial charge in [-0.2, -0.15) is 13.5 Å². The van der Waals surface area contributed by atoms with Gasteiger partial charge < -0.3 is 15.2 Å². The van der Waals surface area contributed by atoms with E-state index >= 15 is 0 Å². The number of carbonyl (C=O) groups excluding carboxylic acids is 1. The number of nitrogens with zero attached hydrogens (tertiary/aromatic N) is 2. The van der Waals surface area contributed by atoms with Crippen LogP contribution in [0.15, 0.2) is 75.8 Å². The molecule has 0 saturated carbocycles. The van der Waals surface area contributed by atoms with Crippen LogP contribution in [0.1, 0.15) is 22.8 Å². The number of benzene rings is 4. The molecule has 13 heteroatoms. The van der Waals surface area contributed by atoms with Crippen molar-refractivity contribution in [3.05, 3.63) is 81.8 Å². The van der Waals surface area contributed by atoms with Gasteiger partial charge in [0.1, 0.15) is 16.3 Å². The van der Waals surface area contributed by atoms with E-state index in [4.69, 9.17) is 27.9 Å². The molecule has 0 aliphatic carbocycles. The second-order valence-electron chi connectivity index (χ2n) is 8.04. The Kier molecular flexibility index (Phi) is 10.0. The summed E-state index contributed by atoms with van der Waals surface area (Å²) in [7, 11) is -3.21. The molecule has 0 aliphatic rings. The fourth-order valence-corrected chi connectivity index (χ4v) is 5.05. The van der Waals surface area contributed by atoms with E-state index in [1.54, 1.807) is 43.3 Å². The molecule has 39 heavy (non-hydrogen) atoms. The molecule has 2 N–H and O–H groups in total. The van der Waals surface area contributed by atoms with E-state index in [2.05, 4.69) is 15.5 Å². The average molecular weight is 596 g/mol. The van der Waals surface area contributed by atoms with E-state index in [0.717, 1.165) is 0 Å². The van der Waals surface area contributed by atoms with E-state index in [-0.39, 0.29) is 51.5 Å². The molecular formula is C26H20Cl2N3NaO6S. The van der Waals surface area contributed by atoms with Gasteiger partial charge in [-0.15, -0.1) is 5.11 Å². The van der Waals surface area contributed by atoms with Crippen molar-refractivity contribution in [3.63, 3.8) is 0 Å². The number of rotatable bonds is 7. The molecule has 0 atom stereocenters. The summed E-state index contributed by atoms with van der Waals surface area (Å²) in [5, 5.41) is 25.4. The minimum Gasteiger partial charge on any atom is -0.870 e. The predicted octanol–water partition coefficient (Wildman–Crippen LogP) is 3.71. The van der Waals surface area contributed by atoms with Gasteiger partial charge in [0.15, 0.2) is 0 Å². The quantitative estimate of drug-likeness (QED) is 0.189. The number of hydrogen-bond donors (Lipinski definition) is 2. The minimum atomic E-state index is -4.63. The second-order valence-corrected chi connectivity index (χ2v) is 10.2. The van der Waals surface area contributed by atoms with Gasteiger partial charge in [-0.25, -0.2) is 0 Å². The fourth-order valence-electron chi connectivity index (χ4n) is 3.81. The van der Waals surface area contributed by atoms with Crippen molar-refractivity contribution in [1.82, 2.24) is 0 Å². The van der Waals surface area contributed by atoms with Crippen molar-refractivity contribution in [2.45, 2.75) is 18.2 Å². The molecule has 0 unspecified atom stereocenters. The fraction of sp³-hybridized carbons (Fsp3) is 0.115. The van der Waals surface area contributed by atoms with Gasteiger partial charge in [0, 0.05) is 22.0 Å². The molecule has 0 fully saturated rings. The Morgan fingerprint density at radius 2 is 1.74 bits per heavy atom. The van der Waals surface area contributed by atoms with Crippen molar-refractivity contribution < 1.29 is 57.2 Å². The van der Waals surface area contributed by atoms with Crippen LogP contribution in [-0.2, 0) is 16.5 Å². The number of hydrogen-bond acceptors (Lipinski definition) is 7. The third-order valence-electron chi connectivity index (χ3n) is 5.70. The number of anilines is 1. The van der Waals surface area contributed by atoms with E-state index in [1.807, 2.05) is 0 Å². The third kappa shape index (κ3) is 6.55.